The molecule has 0 bridgehead atoms. The van der Waals surface area contributed by atoms with Gasteiger partial charge in [-0.25, -0.2) is 4.39 Å². The molecule has 0 atom stereocenters. The van der Waals surface area contributed by atoms with Gasteiger partial charge in [-0.3, -0.25) is 4.79 Å². The maximum atomic E-state index is 12.0. The molecule has 0 aliphatic carbocycles. The Balaban J connectivity index is 2.41. The van der Waals surface area contributed by atoms with E-state index in [2.05, 4.69) is 13.8 Å². The maximum absolute atomic E-state index is 12.0. The summed E-state index contributed by atoms with van der Waals surface area (Å²) in [5.41, 5.74) is 0.326. The van der Waals surface area contributed by atoms with Crippen molar-refractivity contribution in [2.75, 3.05) is 19.8 Å². The molecule has 1 rings (SSSR count). The number of alkyl halides is 1. The maximum Gasteiger partial charge on any atom is 0.253 e. The predicted molar refractivity (Wildman–Crippen MR) is 45.6 cm³/mol. The number of nitrogens with zero attached hydrogens (tertiary/aromatic N) is 1. The zero-order valence-corrected chi connectivity index (χ0v) is 7.77. The molecular weight excluding hydrogens is 157 g/mol. The van der Waals surface area contributed by atoms with Gasteiger partial charge < -0.3 is 4.90 Å². The summed E-state index contributed by atoms with van der Waals surface area (Å²) in [4.78, 5) is 12.5. The van der Waals surface area contributed by atoms with Crippen LogP contribution in [0.25, 0.3) is 0 Å². The van der Waals surface area contributed by atoms with Crippen molar-refractivity contribution in [1.82, 2.24) is 4.90 Å². The Bertz CT molecular complexity index is 169. The molecule has 1 aliphatic heterocycles. The Kier molecular flexibility index (Phi) is 2.70. The second-order valence-corrected chi connectivity index (χ2v) is 4.18. The zero-order chi connectivity index (χ0) is 9.19. The lowest BCUT2D eigenvalue weighted by atomic mass is 9.83. The molecule has 12 heavy (non-hydrogen) atoms. The lowest BCUT2D eigenvalue weighted by Gasteiger charge is -2.36. The fourth-order valence-corrected chi connectivity index (χ4v) is 1.45. The number of piperidine rings is 1. The summed E-state index contributed by atoms with van der Waals surface area (Å²) >= 11 is 0. The highest BCUT2D eigenvalue weighted by molar-refractivity contribution is 5.77. The number of halogens is 1. The lowest BCUT2D eigenvalue weighted by Crippen LogP contribution is -2.41. The van der Waals surface area contributed by atoms with Crippen molar-refractivity contribution in [3.8, 4) is 0 Å². The number of hydrogen-bond donors (Lipinski definition) is 0. The minimum Gasteiger partial charge on any atom is -0.340 e. The van der Waals surface area contributed by atoms with Crippen LogP contribution in [0.4, 0.5) is 4.39 Å². The predicted octanol–water partition coefficient (Wildman–Crippen LogP) is 1.60. The van der Waals surface area contributed by atoms with Gasteiger partial charge in [0.1, 0.15) is 0 Å². The summed E-state index contributed by atoms with van der Waals surface area (Å²) in [6.07, 6.45) is 1.97. The minimum atomic E-state index is -0.847. The van der Waals surface area contributed by atoms with E-state index in [9.17, 15) is 9.18 Å². The molecule has 2 nitrogen and oxygen atoms in total. The molecule has 0 unspecified atom stereocenters. The fraction of sp³-hybridized carbons (Fsp3) is 0.889. The van der Waals surface area contributed by atoms with Gasteiger partial charge in [0, 0.05) is 13.1 Å². The summed E-state index contributed by atoms with van der Waals surface area (Å²) in [7, 11) is 0. The van der Waals surface area contributed by atoms with Gasteiger partial charge in [-0.1, -0.05) is 13.8 Å². The smallest absolute Gasteiger partial charge is 0.253 e. The summed E-state index contributed by atoms with van der Waals surface area (Å²) in [6.45, 7) is 4.96. The number of rotatable bonds is 1. The summed E-state index contributed by atoms with van der Waals surface area (Å²) < 4.78 is 12.0. The van der Waals surface area contributed by atoms with Gasteiger partial charge in [-0.15, -0.1) is 0 Å². The van der Waals surface area contributed by atoms with Crippen LogP contribution in [0, 0.1) is 5.41 Å². The van der Waals surface area contributed by atoms with E-state index in [1.54, 1.807) is 4.90 Å². The minimum absolute atomic E-state index is 0.326. The van der Waals surface area contributed by atoms with Crippen LogP contribution in [0.3, 0.4) is 0 Å². The van der Waals surface area contributed by atoms with Crippen LogP contribution < -0.4 is 0 Å². The zero-order valence-electron chi connectivity index (χ0n) is 7.77. The van der Waals surface area contributed by atoms with Gasteiger partial charge in [-0.05, 0) is 18.3 Å². The van der Waals surface area contributed by atoms with E-state index in [1.807, 2.05) is 0 Å². The van der Waals surface area contributed by atoms with Crippen molar-refractivity contribution in [3.05, 3.63) is 0 Å². The molecule has 0 spiro atoms. The van der Waals surface area contributed by atoms with E-state index in [0.29, 0.717) is 5.41 Å². The fourth-order valence-electron chi connectivity index (χ4n) is 1.45. The van der Waals surface area contributed by atoms with Gasteiger partial charge in [0.15, 0.2) is 6.67 Å². The molecule has 0 saturated carbocycles. The van der Waals surface area contributed by atoms with Gasteiger partial charge in [-0.2, -0.15) is 0 Å². The first-order chi connectivity index (χ1) is 5.55. The summed E-state index contributed by atoms with van der Waals surface area (Å²) in [6, 6.07) is 0. The highest BCUT2D eigenvalue weighted by Gasteiger charge is 2.27. The quantitative estimate of drug-likeness (QED) is 0.590. The molecule has 1 amide bonds. The van der Waals surface area contributed by atoms with Gasteiger partial charge in [0.2, 0.25) is 0 Å². The number of amides is 1. The van der Waals surface area contributed by atoms with Crippen LogP contribution >= 0.6 is 0 Å². The third-order valence-corrected chi connectivity index (χ3v) is 2.58. The van der Waals surface area contributed by atoms with Crippen LogP contribution in [0.15, 0.2) is 0 Å². The van der Waals surface area contributed by atoms with E-state index in [1.165, 1.54) is 0 Å². The van der Waals surface area contributed by atoms with Crippen molar-refractivity contribution >= 4 is 5.91 Å². The van der Waals surface area contributed by atoms with Gasteiger partial charge in [0.05, 0.1) is 0 Å². The number of hydrogen-bond acceptors (Lipinski definition) is 1. The van der Waals surface area contributed by atoms with Crippen LogP contribution in [0.1, 0.15) is 26.7 Å². The molecule has 1 fully saturated rings. The number of likely N-dealkylation sites (tertiary alicyclic amines) is 1. The van der Waals surface area contributed by atoms with Crippen molar-refractivity contribution < 1.29 is 9.18 Å². The summed E-state index contributed by atoms with van der Waals surface area (Å²) in [5.74, 6) is -0.356. The van der Waals surface area contributed by atoms with Gasteiger partial charge in [0.25, 0.3) is 5.91 Å². The van der Waals surface area contributed by atoms with Crippen molar-refractivity contribution in [2.24, 2.45) is 5.41 Å². The number of carbonyl (C=O) groups excluding carboxylic acids is 1. The Morgan fingerprint density at radius 1 is 1.42 bits per heavy atom. The first-order valence-electron chi connectivity index (χ1n) is 4.39. The lowest BCUT2D eigenvalue weighted by molar-refractivity contribution is -0.134. The topological polar surface area (TPSA) is 20.3 Å². The van der Waals surface area contributed by atoms with E-state index in [0.717, 1.165) is 25.9 Å². The van der Waals surface area contributed by atoms with Crippen molar-refractivity contribution in [3.63, 3.8) is 0 Å². The monoisotopic (exact) mass is 173 g/mol. The molecule has 70 valence electrons. The highest BCUT2D eigenvalue weighted by atomic mass is 19.1. The van der Waals surface area contributed by atoms with Crippen LogP contribution in [0.5, 0.6) is 0 Å². The highest BCUT2D eigenvalue weighted by Crippen LogP contribution is 2.29. The molecule has 0 aromatic heterocycles. The molecule has 0 aromatic carbocycles. The Morgan fingerprint density at radius 3 is 2.33 bits per heavy atom. The Labute approximate surface area is 72.7 Å². The first-order valence-corrected chi connectivity index (χ1v) is 4.39. The molecule has 0 aromatic rings. The van der Waals surface area contributed by atoms with Crippen molar-refractivity contribution in [2.45, 2.75) is 26.7 Å². The first kappa shape index (κ1) is 9.49. The second kappa shape index (κ2) is 3.42. The number of carbonyl (C=O) groups is 1. The third kappa shape index (κ3) is 2.19. The van der Waals surface area contributed by atoms with Crippen LogP contribution in [0.2, 0.25) is 0 Å². The SMILES string of the molecule is CC1(C)CCN(C(=O)CF)CC1. The average Bonchev–Trinajstić information content (AvgIpc) is 2.03. The Morgan fingerprint density at radius 2 is 1.92 bits per heavy atom. The van der Waals surface area contributed by atoms with E-state index in [4.69, 9.17) is 0 Å². The normalized spacial score (nSPS) is 22.4. The summed E-state index contributed by atoms with van der Waals surface area (Å²) in [5, 5.41) is 0. The molecular formula is C9H16FNO. The van der Waals surface area contributed by atoms with Gasteiger partial charge >= 0.3 is 0 Å². The molecule has 1 heterocycles. The molecule has 1 saturated heterocycles. The van der Waals surface area contributed by atoms with Crippen LogP contribution in [-0.2, 0) is 4.79 Å². The molecule has 0 N–H and O–H groups in total. The molecule has 3 heteroatoms. The standard InChI is InChI=1S/C9H16FNO/c1-9(2)3-5-11(6-4-9)8(12)7-10/h3-7H2,1-2H3. The second-order valence-electron chi connectivity index (χ2n) is 4.18. The molecule has 1 aliphatic rings. The van der Waals surface area contributed by atoms with Crippen LogP contribution in [-0.4, -0.2) is 30.6 Å². The Hall–Kier alpha value is -0.600. The van der Waals surface area contributed by atoms with E-state index >= 15 is 0 Å². The third-order valence-electron chi connectivity index (χ3n) is 2.58. The largest absolute Gasteiger partial charge is 0.340 e. The molecule has 0 radical (unpaired) electrons. The van der Waals surface area contributed by atoms with E-state index < -0.39 is 6.67 Å². The van der Waals surface area contributed by atoms with Crippen molar-refractivity contribution in [1.29, 1.82) is 0 Å². The average molecular weight is 173 g/mol. The van der Waals surface area contributed by atoms with E-state index in [-0.39, 0.29) is 5.91 Å².